The fraction of sp³-hybridized carbons (Fsp3) is 0.500. The van der Waals surface area contributed by atoms with Gasteiger partial charge >= 0.3 is 0 Å². The Balaban J connectivity index is 1.88. The summed E-state index contributed by atoms with van der Waals surface area (Å²) in [7, 11) is -1.91. The zero-order valence-electron chi connectivity index (χ0n) is 16.7. The van der Waals surface area contributed by atoms with Crippen LogP contribution in [-0.2, 0) is 19.6 Å². The average molecular weight is 408 g/mol. The topological polar surface area (TPSA) is 86.8 Å². The number of amides is 2. The molecule has 1 saturated heterocycles. The fourth-order valence-electron chi connectivity index (χ4n) is 3.14. The molecule has 154 valence electrons. The summed E-state index contributed by atoms with van der Waals surface area (Å²) in [5.41, 5.74) is 0.817. The molecule has 2 rings (SSSR count). The second-order valence-corrected chi connectivity index (χ2v) is 9.17. The first-order valence-electron chi connectivity index (χ1n) is 9.46. The van der Waals surface area contributed by atoms with Gasteiger partial charge in [0.2, 0.25) is 21.8 Å². The van der Waals surface area contributed by atoms with Crippen LogP contribution in [0.4, 0.5) is 0 Å². The molecular weight excluding hydrogens is 378 g/mol. The lowest BCUT2D eigenvalue weighted by Crippen LogP contribution is -2.46. The van der Waals surface area contributed by atoms with Crippen LogP contribution in [0.1, 0.15) is 32.3 Å². The molecule has 1 aromatic rings. The Morgan fingerprint density at radius 2 is 1.82 bits per heavy atom. The van der Waals surface area contributed by atoms with Crippen LogP contribution < -0.4 is 5.32 Å². The lowest BCUT2D eigenvalue weighted by molar-refractivity contribution is -0.139. The number of nitrogens with zero attached hydrogens (tertiary/aromatic N) is 2. The fourth-order valence-corrected chi connectivity index (χ4v) is 4.37. The molecular formula is C20H29N3O4S. The average Bonchev–Trinajstić information content (AvgIpc) is 2.66. The Bertz CT molecular complexity index is 798. The number of hydrogen-bond donors (Lipinski definition) is 1. The predicted molar refractivity (Wildman–Crippen MR) is 110 cm³/mol. The first kappa shape index (κ1) is 22.1. The van der Waals surface area contributed by atoms with E-state index in [4.69, 9.17) is 0 Å². The Labute approximate surface area is 167 Å². The molecule has 0 aromatic heterocycles. The van der Waals surface area contributed by atoms with E-state index in [9.17, 15) is 18.0 Å². The first-order chi connectivity index (χ1) is 13.2. The van der Waals surface area contributed by atoms with E-state index in [1.165, 1.54) is 14.6 Å². The maximum Gasteiger partial charge on any atom is 0.239 e. The van der Waals surface area contributed by atoms with Gasteiger partial charge in [0.25, 0.3) is 0 Å². The van der Waals surface area contributed by atoms with Gasteiger partial charge in [-0.1, -0.05) is 30.3 Å². The molecule has 0 saturated carbocycles. The highest BCUT2D eigenvalue weighted by molar-refractivity contribution is 7.92. The van der Waals surface area contributed by atoms with Crippen molar-refractivity contribution in [2.75, 3.05) is 26.7 Å². The van der Waals surface area contributed by atoms with Crippen molar-refractivity contribution in [3.05, 3.63) is 41.3 Å². The summed E-state index contributed by atoms with van der Waals surface area (Å²) < 4.78 is 26.4. The van der Waals surface area contributed by atoms with Gasteiger partial charge in [0.1, 0.15) is 0 Å². The summed E-state index contributed by atoms with van der Waals surface area (Å²) in [6, 6.07) is 9.26. The first-order valence-corrected chi connectivity index (χ1v) is 11.0. The third kappa shape index (κ3) is 6.45. The zero-order chi connectivity index (χ0) is 20.7. The van der Waals surface area contributed by atoms with Crippen molar-refractivity contribution in [1.29, 1.82) is 0 Å². The maximum atomic E-state index is 12.6. The molecule has 1 fully saturated rings. The molecule has 0 radical (unpaired) electrons. The Kier molecular flexibility index (Phi) is 7.77. The molecule has 0 aliphatic carbocycles. The molecule has 8 heteroatoms. The van der Waals surface area contributed by atoms with Crippen molar-refractivity contribution in [3.63, 3.8) is 0 Å². The SMILES string of the molecule is CC(C)NC(=O)CN(C)C(=O)C1CCN(S(=O)(=O)/C=C/c2ccccc2)CC1. The molecule has 7 nitrogen and oxygen atoms in total. The Hall–Kier alpha value is -2.19. The van der Waals surface area contributed by atoms with Crippen LogP contribution in [0.5, 0.6) is 0 Å². The van der Waals surface area contributed by atoms with E-state index >= 15 is 0 Å². The highest BCUT2D eigenvalue weighted by Crippen LogP contribution is 2.22. The van der Waals surface area contributed by atoms with Gasteiger partial charge in [0.15, 0.2) is 0 Å². The number of nitrogens with one attached hydrogen (secondary N) is 1. The van der Waals surface area contributed by atoms with Crippen LogP contribution in [0.15, 0.2) is 35.7 Å². The smallest absolute Gasteiger partial charge is 0.239 e. The highest BCUT2D eigenvalue weighted by atomic mass is 32.2. The van der Waals surface area contributed by atoms with Crippen molar-refractivity contribution in [3.8, 4) is 0 Å². The van der Waals surface area contributed by atoms with E-state index in [0.717, 1.165) is 5.56 Å². The summed E-state index contributed by atoms with van der Waals surface area (Å²) >= 11 is 0. The van der Waals surface area contributed by atoms with Gasteiger partial charge < -0.3 is 10.2 Å². The number of sulfonamides is 1. The third-order valence-electron chi connectivity index (χ3n) is 4.60. The van der Waals surface area contributed by atoms with Crippen molar-refractivity contribution >= 4 is 27.9 Å². The lowest BCUT2D eigenvalue weighted by Gasteiger charge is -2.31. The predicted octanol–water partition coefficient (Wildman–Crippen LogP) is 1.68. The van der Waals surface area contributed by atoms with E-state index in [0.29, 0.717) is 25.9 Å². The van der Waals surface area contributed by atoms with Crippen LogP contribution in [0.2, 0.25) is 0 Å². The number of rotatable bonds is 7. The number of benzene rings is 1. The summed E-state index contributed by atoms with van der Waals surface area (Å²) in [5, 5.41) is 3.97. The summed E-state index contributed by atoms with van der Waals surface area (Å²) in [6.45, 7) is 4.33. The van der Waals surface area contributed by atoms with Crippen molar-refractivity contribution < 1.29 is 18.0 Å². The van der Waals surface area contributed by atoms with Crippen molar-refractivity contribution in [1.82, 2.24) is 14.5 Å². The molecule has 0 atom stereocenters. The number of hydrogen-bond acceptors (Lipinski definition) is 4. The molecule has 0 unspecified atom stereocenters. The van der Waals surface area contributed by atoms with E-state index in [1.54, 1.807) is 13.1 Å². The summed E-state index contributed by atoms with van der Waals surface area (Å²) in [6.07, 6.45) is 2.48. The van der Waals surface area contributed by atoms with Crippen molar-refractivity contribution in [2.24, 2.45) is 5.92 Å². The van der Waals surface area contributed by atoms with E-state index in [1.807, 2.05) is 44.2 Å². The van der Waals surface area contributed by atoms with Gasteiger partial charge in [-0.3, -0.25) is 9.59 Å². The van der Waals surface area contributed by atoms with Gasteiger partial charge in [-0.2, -0.15) is 4.31 Å². The molecule has 1 aromatic carbocycles. The molecule has 1 N–H and O–H groups in total. The Morgan fingerprint density at radius 1 is 1.21 bits per heavy atom. The summed E-state index contributed by atoms with van der Waals surface area (Å²) in [5.74, 6) is -0.575. The largest absolute Gasteiger partial charge is 0.352 e. The van der Waals surface area contributed by atoms with E-state index in [2.05, 4.69) is 5.32 Å². The van der Waals surface area contributed by atoms with Gasteiger partial charge in [-0.05, 0) is 38.3 Å². The van der Waals surface area contributed by atoms with Gasteiger partial charge in [0.05, 0.1) is 6.54 Å². The molecule has 1 heterocycles. The normalized spacial score (nSPS) is 16.4. The maximum absolute atomic E-state index is 12.6. The minimum atomic E-state index is -3.52. The highest BCUT2D eigenvalue weighted by Gasteiger charge is 2.31. The number of carbonyl (C=O) groups excluding carboxylic acids is 2. The molecule has 0 spiro atoms. The van der Waals surface area contributed by atoms with Gasteiger partial charge in [-0.25, -0.2) is 8.42 Å². The number of carbonyl (C=O) groups is 2. The van der Waals surface area contributed by atoms with Crippen molar-refractivity contribution in [2.45, 2.75) is 32.7 Å². The molecule has 1 aliphatic rings. The van der Waals surface area contributed by atoms with Crippen LogP contribution in [0.25, 0.3) is 6.08 Å². The van der Waals surface area contributed by atoms with Crippen LogP contribution in [0.3, 0.4) is 0 Å². The van der Waals surface area contributed by atoms with Crippen LogP contribution >= 0.6 is 0 Å². The minimum Gasteiger partial charge on any atom is -0.352 e. The number of likely N-dealkylation sites (N-methyl/N-ethyl adjacent to an activating group) is 1. The second kappa shape index (κ2) is 9.84. The van der Waals surface area contributed by atoms with Crippen LogP contribution in [0, 0.1) is 5.92 Å². The lowest BCUT2D eigenvalue weighted by atomic mass is 9.96. The van der Waals surface area contributed by atoms with E-state index in [-0.39, 0.29) is 30.3 Å². The van der Waals surface area contributed by atoms with Gasteiger partial charge in [0, 0.05) is 37.5 Å². The molecule has 1 aliphatic heterocycles. The standard InChI is InChI=1S/C20H29N3O4S/c1-16(2)21-19(24)15-22(3)20(25)18-9-12-23(13-10-18)28(26,27)14-11-17-7-5-4-6-8-17/h4-8,11,14,16,18H,9-10,12-13,15H2,1-3H3,(H,21,24)/b14-11+. The third-order valence-corrected chi connectivity index (χ3v) is 6.17. The molecule has 2 amide bonds. The van der Waals surface area contributed by atoms with E-state index < -0.39 is 10.0 Å². The summed E-state index contributed by atoms with van der Waals surface area (Å²) in [4.78, 5) is 25.8. The monoisotopic (exact) mass is 407 g/mol. The Morgan fingerprint density at radius 3 is 2.39 bits per heavy atom. The molecule has 28 heavy (non-hydrogen) atoms. The second-order valence-electron chi connectivity index (χ2n) is 7.35. The quantitative estimate of drug-likeness (QED) is 0.745. The minimum absolute atomic E-state index is 0.00927. The van der Waals surface area contributed by atoms with Gasteiger partial charge in [-0.15, -0.1) is 0 Å². The number of piperidine rings is 1. The van der Waals surface area contributed by atoms with Crippen LogP contribution in [-0.4, -0.2) is 62.2 Å². The molecule has 0 bridgehead atoms. The zero-order valence-corrected chi connectivity index (χ0v) is 17.5.